The van der Waals surface area contributed by atoms with Crippen LogP contribution >= 0.6 is 0 Å². The Balaban J connectivity index is 1.75. The highest BCUT2D eigenvalue weighted by atomic mass is 16.1. The second kappa shape index (κ2) is 9.47. The standard InChI is InChI=1S/C20H26N4O/c1-15-4-6-18(7-5-15)14-23-20(21-3)22-13-12-17-8-10-19(11-9-17)24-16(2)25/h4-11H,12-14H2,1-3H3,(H,24,25)(H2,21,22,23). The first-order chi connectivity index (χ1) is 12.1. The summed E-state index contributed by atoms with van der Waals surface area (Å²) in [5.74, 6) is 0.730. The number of hydrogen-bond donors (Lipinski definition) is 3. The number of guanidine groups is 1. The van der Waals surface area contributed by atoms with Crippen molar-refractivity contribution in [2.75, 3.05) is 18.9 Å². The Labute approximate surface area is 149 Å². The van der Waals surface area contributed by atoms with Crippen LogP contribution in [0.15, 0.2) is 53.5 Å². The van der Waals surface area contributed by atoms with Crippen molar-refractivity contribution in [3.63, 3.8) is 0 Å². The topological polar surface area (TPSA) is 65.5 Å². The van der Waals surface area contributed by atoms with Crippen molar-refractivity contribution in [3.8, 4) is 0 Å². The van der Waals surface area contributed by atoms with Crippen LogP contribution in [0.2, 0.25) is 0 Å². The average Bonchev–Trinajstić information content (AvgIpc) is 2.60. The van der Waals surface area contributed by atoms with Crippen molar-refractivity contribution in [1.82, 2.24) is 10.6 Å². The van der Waals surface area contributed by atoms with E-state index in [-0.39, 0.29) is 5.91 Å². The van der Waals surface area contributed by atoms with Gasteiger partial charge in [0, 0.05) is 32.7 Å². The fourth-order valence-corrected chi connectivity index (χ4v) is 2.40. The van der Waals surface area contributed by atoms with Gasteiger partial charge in [-0.3, -0.25) is 9.79 Å². The van der Waals surface area contributed by atoms with Crippen LogP contribution in [0.3, 0.4) is 0 Å². The molecule has 2 aromatic rings. The van der Waals surface area contributed by atoms with Crippen molar-refractivity contribution in [3.05, 3.63) is 65.2 Å². The smallest absolute Gasteiger partial charge is 0.221 e. The minimum atomic E-state index is -0.0575. The summed E-state index contributed by atoms with van der Waals surface area (Å²) in [5, 5.41) is 9.40. The van der Waals surface area contributed by atoms with E-state index in [0.29, 0.717) is 0 Å². The van der Waals surface area contributed by atoms with E-state index in [4.69, 9.17) is 0 Å². The molecule has 0 saturated heterocycles. The van der Waals surface area contributed by atoms with Gasteiger partial charge in [-0.1, -0.05) is 42.0 Å². The number of carbonyl (C=O) groups excluding carboxylic acids is 1. The van der Waals surface area contributed by atoms with E-state index >= 15 is 0 Å². The number of rotatable bonds is 6. The third-order valence-electron chi connectivity index (χ3n) is 3.78. The number of hydrogen-bond acceptors (Lipinski definition) is 2. The summed E-state index contributed by atoms with van der Waals surface area (Å²) >= 11 is 0. The third kappa shape index (κ3) is 6.67. The highest BCUT2D eigenvalue weighted by Gasteiger charge is 2.00. The van der Waals surface area contributed by atoms with Gasteiger partial charge in [0.05, 0.1) is 0 Å². The molecule has 0 bridgehead atoms. The van der Waals surface area contributed by atoms with Gasteiger partial charge < -0.3 is 16.0 Å². The fourth-order valence-electron chi connectivity index (χ4n) is 2.40. The molecule has 5 nitrogen and oxygen atoms in total. The predicted molar refractivity (Wildman–Crippen MR) is 104 cm³/mol. The molecule has 0 unspecified atom stereocenters. The van der Waals surface area contributed by atoms with Crippen molar-refractivity contribution in [2.45, 2.75) is 26.8 Å². The van der Waals surface area contributed by atoms with E-state index in [9.17, 15) is 4.79 Å². The number of benzene rings is 2. The lowest BCUT2D eigenvalue weighted by Gasteiger charge is -2.12. The fraction of sp³-hybridized carbons (Fsp3) is 0.300. The minimum absolute atomic E-state index is 0.0575. The first-order valence-corrected chi connectivity index (χ1v) is 8.43. The van der Waals surface area contributed by atoms with E-state index in [0.717, 1.165) is 31.2 Å². The summed E-state index contributed by atoms with van der Waals surface area (Å²) in [4.78, 5) is 15.3. The number of carbonyl (C=O) groups is 1. The molecular weight excluding hydrogens is 312 g/mol. The quantitative estimate of drug-likeness (QED) is 0.560. The molecule has 25 heavy (non-hydrogen) atoms. The number of nitrogens with zero attached hydrogens (tertiary/aromatic N) is 1. The van der Waals surface area contributed by atoms with Gasteiger partial charge in [-0.25, -0.2) is 0 Å². The van der Waals surface area contributed by atoms with Crippen LogP contribution in [-0.2, 0) is 17.8 Å². The van der Waals surface area contributed by atoms with Crippen LogP contribution in [0.1, 0.15) is 23.6 Å². The Hall–Kier alpha value is -2.82. The zero-order valence-electron chi connectivity index (χ0n) is 15.1. The van der Waals surface area contributed by atoms with Gasteiger partial charge in [0.15, 0.2) is 5.96 Å². The maximum absolute atomic E-state index is 11.0. The number of anilines is 1. The van der Waals surface area contributed by atoms with E-state index < -0.39 is 0 Å². The predicted octanol–water partition coefficient (Wildman–Crippen LogP) is 2.86. The summed E-state index contributed by atoms with van der Waals surface area (Å²) in [7, 11) is 1.77. The highest BCUT2D eigenvalue weighted by molar-refractivity contribution is 5.88. The lowest BCUT2D eigenvalue weighted by Crippen LogP contribution is -2.37. The van der Waals surface area contributed by atoms with E-state index in [1.54, 1.807) is 7.05 Å². The molecule has 0 aliphatic rings. The number of aliphatic imine (C=N–C) groups is 1. The average molecular weight is 338 g/mol. The minimum Gasteiger partial charge on any atom is -0.356 e. The zero-order chi connectivity index (χ0) is 18.1. The monoisotopic (exact) mass is 338 g/mol. The van der Waals surface area contributed by atoms with E-state index in [1.165, 1.54) is 23.6 Å². The Morgan fingerprint density at radius 1 is 0.960 bits per heavy atom. The Morgan fingerprint density at radius 2 is 1.60 bits per heavy atom. The molecule has 5 heteroatoms. The van der Waals surface area contributed by atoms with Crippen molar-refractivity contribution >= 4 is 17.6 Å². The van der Waals surface area contributed by atoms with Crippen LogP contribution in [0, 0.1) is 6.92 Å². The highest BCUT2D eigenvalue weighted by Crippen LogP contribution is 2.09. The van der Waals surface area contributed by atoms with Gasteiger partial charge in [-0.05, 0) is 36.6 Å². The van der Waals surface area contributed by atoms with Crippen LogP contribution in [0.5, 0.6) is 0 Å². The second-order valence-corrected chi connectivity index (χ2v) is 5.97. The Bertz CT molecular complexity index is 705. The van der Waals surface area contributed by atoms with Crippen LogP contribution < -0.4 is 16.0 Å². The Morgan fingerprint density at radius 3 is 2.20 bits per heavy atom. The van der Waals surface area contributed by atoms with Gasteiger partial charge >= 0.3 is 0 Å². The maximum atomic E-state index is 11.0. The van der Waals surface area contributed by atoms with E-state index in [1.807, 2.05) is 24.3 Å². The van der Waals surface area contributed by atoms with Gasteiger partial charge in [-0.2, -0.15) is 0 Å². The molecule has 3 N–H and O–H groups in total. The molecule has 0 aromatic heterocycles. The molecule has 2 aromatic carbocycles. The SMILES string of the molecule is CN=C(NCCc1ccc(NC(C)=O)cc1)NCc1ccc(C)cc1. The molecule has 0 aliphatic heterocycles. The second-order valence-electron chi connectivity index (χ2n) is 5.97. The third-order valence-corrected chi connectivity index (χ3v) is 3.78. The number of amides is 1. The lowest BCUT2D eigenvalue weighted by molar-refractivity contribution is -0.114. The first kappa shape index (κ1) is 18.5. The van der Waals surface area contributed by atoms with Gasteiger partial charge in [0.2, 0.25) is 5.91 Å². The van der Waals surface area contributed by atoms with Crippen molar-refractivity contribution < 1.29 is 4.79 Å². The molecule has 0 fully saturated rings. The van der Waals surface area contributed by atoms with Crippen LogP contribution in [-0.4, -0.2) is 25.5 Å². The van der Waals surface area contributed by atoms with E-state index in [2.05, 4.69) is 52.1 Å². The molecular formula is C20H26N4O. The van der Waals surface area contributed by atoms with Crippen molar-refractivity contribution in [1.29, 1.82) is 0 Å². The van der Waals surface area contributed by atoms with Gasteiger partial charge in [-0.15, -0.1) is 0 Å². The molecule has 0 atom stereocenters. The molecule has 0 aliphatic carbocycles. The molecule has 0 spiro atoms. The molecule has 1 amide bonds. The molecule has 2 rings (SSSR count). The first-order valence-electron chi connectivity index (χ1n) is 8.43. The maximum Gasteiger partial charge on any atom is 0.221 e. The number of aryl methyl sites for hydroxylation is 1. The summed E-state index contributed by atoms with van der Waals surface area (Å²) in [6.07, 6.45) is 0.881. The summed E-state index contributed by atoms with van der Waals surface area (Å²) < 4.78 is 0. The number of nitrogens with one attached hydrogen (secondary N) is 3. The zero-order valence-corrected chi connectivity index (χ0v) is 15.1. The van der Waals surface area contributed by atoms with Gasteiger partial charge in [0.25, 0.3) is 0 Å². The molecule has 132 valence electrons. The van der Waals surface area contributed by atoms with Crippen molar-refractivity contribution in [2.24, 2.45) is 4.99 Å². The van der Waals surface area contributed by atoms with Crippen LogP contribution in [0.4, 0.5) is 5.69 Å². The largest absolute Gasteiger partial charge is 0.356 e. The summed E-state index contributed by atoms with van der Waals surface area (Å²) in [6, 6.07) is 16.3. The Kier molecular flexibility index (Phi) is 7.01. The lowest BCUT2D eigenvalue weighted by atomic mass is 10.1. The molecule has 0 radical (unpaired) electrons. The van der Waals surface area contributed by atoms with Crippen LogP contribution in [0.25, 0.3) is 0 Å². The van der Waals surface area contributed by atoms with Gasteiger partial charge in [0.1, 0.15) is 0 Å². The molecule has 0 heterocycles. The summed E-state index contributed by atoms with van der Waals surface area (Å²) in [6.45, 7) is 5.12. The summed E-state index contributed by atoms with van der Waals surface area (Å²) in [5.41, 5.74) is 4.51. The molecule has 0 saturated carbocycles. The normalized spacial score (nSPS) is 11.1.